The van der Waals surface area contributed by atoms with E-state index in [2.05, 4.69) is 58.9 Å². The molecule has 0 aromatic rings. The summed E-state index contributed by atoms with van der Waals surface area (Å²) >= 11 is 0. The molecule has 8 atom stereocenters. The molecule has 0 radical (unpaired) electrons. The summed E-state index contributed by atoms with van der Waals surface area (Å²) in [5.74, 6) is 4.01. The monoisotopic (exact) mass is 452 g/mol. The van der Waals surface area contributed by atoms with Gasteiger partial charge in [0, 0.05) is 12.8 Å². The summed E-state index contributed by atoms with van der Waals surface area (Å²) in [6, 6.07) is 0. The van der Waals surface area contributed by atoms with Crippen molar-refractivity contribution in [1.29, 1.82) is 0 Å². The van der Waals surface area contributed by atoms with Crippen molar-refractivity contribution in [3.05, 3.63) is 35.5 Å². The molecule has 2 nitrogen and oxygen atoms in total. The lowest BCUT2D eigenvalue weighted by Crippen LogP contribution is -2.51. The van der Waals surface area contributed by atoms with Crippen molar-refractivity contribution in [1.82, 2.24) is 0 Å². The Labute approximate surface area is 203 Å². The Bertz CT molecular complexity index is 815. The molecule has 0 aromatic heterocycles. The molecule has 0 bridgehead atoms. The standard InChI is InChI=1S/C31H48O2/c1-7-9-29(32)33-24-16-18-30(5)23(20-24)12-13-25-27-15-14-26(22(4)11-8-10-21(2)3)31(27,6)19-17-28(25)30/h8,10-12,22,24-28H,7,9,13-20H2,1-6H3/b11-8+/t22-,24+,25+,26-,27+,28+,30+,31-/m1/s1. The summed E-state index contributed by atoms with van der Waals surface area (Å²) in [5.41, 5.74) is 3.80. The summed E-state index contributed by atoms with van der Waals surface area (Å²) in [4.78, 5) is 12.1. The van der Waals surface area contributed by atoms with Gasteiger partial charge in [0.2, 0.25) is 0 Å². The number of carbonyl (C=O) groups excluding carboxylic acids is 1. The Kier molecular flexibility index (Phi) is 7.32. The van der Waals surface area contributed by atoms with Crippen LogP contribution in [0, 0.1) is 40.4 Å². The molecule has 2 heteroatoms. The van der Waals surface area contributed by atoms with E-state index in [0.717, 1.165) is 42.9 Å². The zero-order valence-electron chi connectivity index (χ0n) is 22.2. The highest BCUT2D eigenvalue weighted by Crippen LogP contribution is 2.67. The molecule has 0 aliphatic heterocycles. The first-order valence-corrected chi connectivity index (χ1v) is 13.9. The molecule has 33 heavy (non-hydrogen) atoms. The van der Waals surface area contributed by atoms with Crippen LogP contribution in [-0.2, 0) is 9.53 Å². The van der Waals surface area contributed by atoms with Crippen LogP contribution in [0.4, 0.5) is 0 Å². The number of allylic oxidation sites excluding steroid dienone is 5. The molecule has 0 saturated heterocycles. The van der Waals surface area contributed by atoms with Gasteiger partial charge in [0.1, 0.15) is 6.10 Å². The summed E-state index contributed by atoms with van der Waals surface area (Å²) in [6.45, 7) is 14.1. The van der Waals surface area contributed by atoms with Crippen LogP contribution in [-0.4, -0.2) is 12.1 Å². The van der Waals surface area contributed by atoms with Crippen LogP contribution in [0.25, 0.3) is 0 Å². The number of ether oxygens (including phenoxy) is 1. The van der Waals surface area contributed by atoms with Gasteiger partial charge in [-0.25, -0.2) is 0 Å². The molecule has 0 aromatic carbocycles. The number of fused-ring (bicyclic) bond motifs is 5. The highest BCUT2D eigenvalue weighted by Gasteiger charge is 2.59. The van der Waals surface area contributed by atoms with E-state index in [1.54, 1.807) is 5.57 Å². The Hall–Kier alpha value is -1.31. The van der Waals surface area contributed by atoms with E-state index in [1.165, 1.54) is 44.1 Å². The van der Waals surface area contributed by atoms with Crippen LogP contribution in [0.1, 0.15) is 106 Å². The normalized spacial score (nSPS) is 40.9. The maximum absolute atomic E-state index is 12.1. The van der Waals surface area contributed by atoms with Crippen LogP contribution in [0.15, 0.2) is 35.5 Å². The average molecular weight is 453 g/mol. The van der Waals surface area contributed by atoms with Crippen molar-refractivity contribution < 1.29 is 9.53 Å². The van der Waals surface area contributed by atoms with Crippen LogP contribution in [0.3, 0.4) is 0 Å². The van der Waals surface area contributed by atoms with Gasteiger partial charge in [-0.05, 0) is 106 Å². The molecule has 3 fully saturated rings. The molecule has 3 saturated carbocycles. The summed E-state index contributed by atoms with van der Waals surface area (Å²) in [6.07, 6.45) is 21.2. The van der Waals surface area contributed by atoms with Gasteiger partial charge in [0.25, 0.3) is 0 Å². The SMILES string of the molecule is CCCC(=O)O[C@H]1CC[C@@]2(C)C(=CC[C@H]3[C@@H]4CC[C@H]([C@H](C)/C=C/C=C(C)C)[C@@]4(C)CC[C@@H]32)C1. The van der Waals surface area contributed by atoms with E-state index in [4.69, 9.17) is 4.74 Å². The molecular weight excluding hydrogens is 404 g/mol. The molecule has 4 aliphatic carbocycles. The first kappa shape index (κ1) is 24.8. The van der Waals surface area contributed by atoms with E-state index in [-0.39, 0.29) is 12.1 Å². The van der Waals surface area contributed by atoms with Gasteiger partial charge in [-0.2, -0.15) is 0 Å². The minimum atomic E-state index is -0.00132. The minimum Gasteiger partial charge on any atom is -0.462 e. The van der Waals surface area contributed by atoms with E-state index in [9.17, 15) is 4.79 Å². The first-order chi connectivity index (χ1) is 15.7. The lowest BCUT2D eigenvalue weighted by atomic mass is 9.47. The van der Waals surface area contributed by atoms with E-state index < -0.39 is 0 Å². The third kappa shape index (κ3) is 4.65. The van der Waals surface area contributed by atoms with Gasteiger partial charge in [-0.1, -0.05) is 63.1 Å². The van der Waals surface area contributed by atoms with Crippen molar-refractivity contribution in [2.24, 2.45) is 40.4 Å². The Morgan fingerprint density at radius 2 is 1.94 bits per heavy atom. The smallest absolute Gasteiger partial charge is 0.306 e. The number of esters is 1. The highest BCUT2D eigenvalue weighted by molar-refractivity contribution is 5.69. The van der Waals surface area contributed by atoms with Crippen molar-refractivity contribution >= 4 is 5.97 Å². The fourth-order valence-electron chi connectivity index (χ4n) is 8.64. The minimum absolute atomic E-state index is 0.00132. The fraction of sp³-hybridized carbons (Fsp3) is 0.774. The average Bonchev–Trinajstić information content (AvgIpc) is 3.11. The topological polar surface area (TPSA) is 26.3 Å². The molecule has 4 rings (SSSR count). The largest absolute Gasteiger partial charge is 0.462 e. The number of carbonyl (C=O) groups is 1. The van der Waals surface area contributed by atoms with Gasteiger partial charge in [0.15, 0.2) is 0 Å². The Morgan fingerprint density at radius 1 is 1.15 bits per heavy atom. The Balaban J connectivity index is 1.48. The van der Waals surface area contributed by atoms with E-state index in [0.29, 0.717) is 23.2 Å². The van der Waals surface area contributed by atoms with Crippen LogP contribution in [0.5, 0.6) is 0 Å². The van der Waals surface area contributed by atoms with Gasteiger partial charge < -0.3 is 4.74 Å². The fourth-order valence-corrected chi connectivity index (χ4v) is 8.64. The molecule has 0 unspecified atom stereocenters. The molecule has 0 spiro atoms. The summed E-state index contributed by atoms with van der Waals surface area (Å²) in [7, 11) is 0. The zero-order valence-corrected chi connectivity index (χ0v) is 22.2. The van der Waals surface area contributed by atoms with Gasteiger partial charge >= 0.3 is 5.97 Å². The van der Waals surface area contributed by atoms with E-state index in [1.807, 2.05) is 6.92 Å². The molecule has 0 N–H and O–H groups in total. The third-order valence-corrected chi connectivity index (χ3v) is 10.4. The predicted molar refractivity (Wildman–Crippen MR) is 138 cm³/mol. The number of rotatable bonds is 6. The second-order valence-corrected chi connectivity index (χ2v) is 12.6. The predicted octanol–water partition coefficient (Wildman–Crippen LogP) is 8.44. The summed E-state index contributed by atoms with van der Waals surface area (Å²) in [5, 5.41) is 0. The number of hydrogen-bond acceptors (Lipinski definition) is 2. The lowest BCUT2D eigenvalue weighted by Gasteiger charge is -2.58. The quantitative estimate of drug-likeness (QED) is 0.229. The van der Waals surface area contributed by atoms with Crippen molar-refractivity contribution in [3.8, 4) is 0 Å². The van der Waals surface area contributed by atoms with Crippen LogP contribution < -0.4 is 0 Å². The second kappa shape index (κ2) is 9.74. The zero-order chi connectivity index (χ0) is 23.8. The maximum Gasteiger partial charge on any atom is 0.306 e. The lowest BCUT2D eigenvalue weighted by molar-refractivity contribution is -0.151. The molecular formula is C31H48O2. The third-order valence-electron chi connectivity index (χ3n) is 10.4. The molecule has 184 valence electrons. The highest BCUT2D eigenvalue weighted by atomic mass is 16.5. The second-order valence-electron chi connectivity index (χ2n) is 12.6. The van der Waals surface area contributed by atoms with E-state index >= 15 is 0 Å². The Morgan fingerprint density at radius 3 is 2.67 bits per heavy atom. The first-order valence-electron chi connectivity index (χ1n) is 13.9. The van der Waals surface area contributed by atoms with Crippen LogP contribution >= 0.6 is 0 Å². The van der Waals surface area contributed by atoms with Crippen molar-refractivity contribution in [3.63, 3.8) is 0 Å². The maximum atomic E-state index is 12.1. The molecule has 4 aliphatic rings. The molecule has 0 heterocycles. The van der Waals surface area contributed by atoms with Crippen LogP contribution in [0.2, 0.25) is 0 Å². The van der Waals surface area contributed by atoms with Crippen molar-refractivity contribution in [2.45, 2.75) is 112 Å². The molecule has 0 amide bonds. The van der Waals surface area contributed by atoms with Gasteiger partial charge in [-0.15, -0.1) is 0 Å². The van der Waals surface area contributed by atoms with Gasteiger partial charge in [0.05, 0.1) is 0 Å². The van der Waals surface area contributed by atoms with Gasteiger partial charge in [-0.3, -0.25) is 4.79 Å². The number of hydrogen-bond donors (Lipinski definition) is 0. The summed E-state index contributed by atoms with van der Waals surface area (Å²) < 4.78 is 5.84. The van der Waals surface area contributed by atoms with Crippen molar-refractivity contribution in [2.75, 3.05) is 0 Å².